The minimum atomic E-state index is -0.421. The lowest BCUT2D eigenvalue weighted by molar-refractivity contribution is 0.0601. The Hall–Kier alpha value is -1.81. The zero-order valence-corrected chi connectivity index (χ0v) is 11.5. The number of hydrogen-bond acceptors (Lipinski definition) is 3. The second kappa shape index (κ2) is 5.89. The lowest BCUT2D eigenvalue weighted by atomic mass is 10.00. The highest BCUT2D eigenvalue weighted by atomic mass is 32.2. The fourth-order valence-corrected chi connectivity index (χ4v) is 2.28. The van der Waals surface area contributed by atoms with Gasteiger partial charge >= 0.3 is 5.97 Å². The average molecular weight is 276 g/mol. The molecule has 0 aliphatic carbocycles. The maximum Gasteiger partial charge on any atom is 0.338 e. The van der Waals surface area contributed by atoms with Crippen molar-refractivity contribution in [3.63, 3.8) is 0 Å². The molecule has 0 N–H and O–H groups in total. The molecule has 0 atom stereocenters. The molecule has 0 amide bonds. The third-order valence-corrected chi connectivity index (χ3v) is 3.49. The molecule has 0 aliphatic heterocycles. The van der Waals surface area contributed by atoms with E-state index in [1.165, 1.54) is 31.0 Å². The van der Waals surface area contributed by atoms with Gasteiger partial charge in [0.05, 0.1) is 12.7 Å². The van der Waals surface area contributed by atoms with Gasteiger partial charge < -0.3 is 4.74 Å². The van der Waals surface area contributed by atoms with Crippen LogP contribution in [0.5, 0.6) is 0 Å². The first kappa shape index (κ1) is 13.6. The Kier molecular flexibility index (Phi) is 4.22. The number of methoxy groups -OCH3 is 1. The minimum absolute atomic E-state index is 0.331. The molecule has 0 aliphatic rings. The van der Waals surface area contributed by atoms with Gasteiger partial charge in [0.1, 0.15) is 5.82 Å². The Labute approximate surface area is 115 Å². The van der Waals surface area contributed by atoms with E-state index in [0.717, 1.165) is 4.90 Å². The molecule has 2 rings (SSSR count). The number of thioether (sulfide) groups is 1. The monoisotopic (exact) mass is 276 g/mol. The first-order valence-electron chi connectivity index (χ1n) is 5.68. The second-order valence-corrected chi connectivity index (χ2v) is 4.79. The van der Waals surface area contributed by atoms with Crippen LogP contribution in [0.4, 0.5) is 4.39 Å². The fourth-order valence-electron chi connectivity index (χ4n) is 1.84. The van der Waals surface area contributed by atoms with Gasteiger partial charge in [0.2, 0.25) is 0 Å². The van der Waals surface area contributed by atoms with Crippen molar-refractivity contribution < 1.29 is 13.9 Å². The number of carbonyl (C=O) groups excluding carboxylic acids is 1. The molecule has 0 radical (unpaired) electrons. The first-order chi connectivity index (χ1) is 9.15. The Bertz CT molecular complexity index is 611. The van der Waals surface area contributed by atoms with E-state index in [4.69, 9.17) is 4.74 Å². The Morgan fingerprint density at radius 3 is 2.63 bits per heavy atom. The van der Waals surface area contributed by atoms with Crippen LogP contribution in [0.3, 0.4) is 0 Å². The number of rotatable bonds is 3. The van der Waals surface area contributed by atoms with Crippen LogP contribution in [0.15, 0.2) is 47.4 Å². The average Bonchev–Trinajstić information content (AvgIpc) is 2.45. The zero-order valence-electron chi connectivity index (χ0n) is 10.6. The van der Waals surface area contributed by atoms with Crippen molar-refractivity contribution in [2.45, 2.75) is 4.90 Å². The summed E-state index contributed by atoms with van der Waals surface area (Å²) >= 11 is 1.54. The van der Waals surface area contributed by atoms with Crippen LogP contribution < -0.4 is 0 Å². The van der Waals surface area contributed by atoms with Gasteiger partial charge in [0.15, 0.2) is 0 Å². The molecule has 0 aromatic heterocycles. The van der Waals surface area contributed by atoms with Gasteiger partial charge in [-0.3, -0.25) is 0 Å². The molecule has 2 aromatic rings. The molecule has 0 spiro atoms. The summed E-state index contributed by atoms with van der Waals surface area (Å²) in [6.07, 6.45) is 1.93. The van der Waals surface area contributed by atoms with Crippen LogP contribution in [-0.4, -0.2) is 19.3 Å². The summed E-state index contributed by atoms with van der Waals surface area (Å²) in [6.45, 7) is 0. The molecular formula is C15H13FO2S. The smallest absolute Gasteiger partial charge is 0.338 e. The van der Waals surface area contributed by atoms with Crippen molar-refractivity contribution >= 4 is 17.7 Å². The molecule has 0 saturated carbocycles. The van der Waals surface area contributed by atoms with E-state index in [1.54, 1.807) is 18.2 Å². The summed E-state index contributed by atoms with van der Waals surface area (Å²) in [6, 6.07) is 11.6. The predicted octanol–water partition coefficient (Wildman–Crippen LogP) is 4.00. The lowest BCUT2D eigenvalue weighted by Crippen LogP contribution is -2.04. The van der Waals surface area contributed by atoms with Crippen molar-refractivity contribution in [1.82, 2.24) is 0 Å². The number of benzene rings is 2. The number of ether oxygens (including phenoxy) is 1. The number of hydrogen-bond donors (Lipinski definition) is 0. The van der Waals surface area contributed by atoms with E-state index in [0.29, 0.717) is 16.7 Å². The predicted molar refractivity (Wildman–Crippen MR) is 75.0 cm³/mol. The fraction of sp³-hybridized carbons (Fsp3) is 0.133. The molecule has 19 heavy (non-hydrogen) atoms. The zero-order chi connectivity index (χ0) is 13.8. The van der Waals surface area contributed by atoms with Crippen molar-refractivity contribution in [3.8, 4) is 11.1 Å². The highest BCUT2D eigenvalue weighted by molar-refractivity contribution is 7.98. The van der Waals surface area contributed by atoms with Gasteiger partial charge in [-0.15, -0.1) is 11.8 Å². The highest BCUT2D eigenvalue weighted by Gasteiger charge is 2.14. The summed E-state index contributed by atoms with van der Waals surface area (Å²) in [5, 5.41) is 0. The first-order valence-corrected chi connectivity index (χ1v) is 6.90. The maximum atomic E-state index is 13.3. The van der Waals surface area contributed by atoms with Gasteiger partial charge in [-0.2, -0.15) is 0 Å². The van der Waals surface area contributed by atoms with E-state index in [-0.39, 0.29) is 5.82 Å². The molecule has 0 fully saturated rings. The van der Waals surface area contributed by atoms with Crippen LogP contribution in [0.25, 0.3) is 11.1 Å². The van der Waals surface area contributed by atoms with Crippen LogP contribution >= 0.6 is 11.8 Å². The van der Waals surface area contributed by atoms with Crippen LogP contribution in [0.2, 0.25) is 0 Å². The maximum absolute atomic E-state index is 13.3. The van der Waals surface area contributed by atoms with Crippen molar-refractivity contribution in [2.75, 3.05) is 13.4 Å². The summed E-state index contributed by atoms with van der Waals surface area (Å²) in [5.41, 5.74) is 1.78. The molecule has 2 nitrogen and oxygen atoms in total. The molecule has 98 valence electrons. The molecule has 0 bridgehead atoms. The second-order valence-electron chi connectivity index (χ2n) is 3.91. The molecule has 0 unspecified atom stereocenters. The summed E-state index contributed by atoms with van der Waals surface area (Å²) < 4.78 is 18.1. The molecule has 2 aromatic carbocycles. The largest absolute Gasteiger partial charge is 0.465 e. The van der Waals surface area contributed by atoms with E-state index in [9.17, 15) is 9.18 Å². The third kappa shape index (κ3) is 2.96. The topological polar surface area (TPSA) is 26.3 Å². The Morgan fingerprint density at radius 1 is 1.21 bits per heavy atom. The Morgan fingerprint density at radius 2 is 2.00 bits per heavy atom. The summed E-state index contributed by atoms with van der Waals surface area (Å²) in [4.78, 5) is 12.8. The van der Waals surface area contributed by atoms with E-state index in [1.807, 2.05) is 18.4 Å². The molecule has 0 heterocycles. The number of carbonyl (C=O) groups is 1. The number of halogens is 1. The lowest BCUT2D eigenvalue weighted by Gasteiger charge is -2.10. The van der Waals surface area contributed by atoms with Gasteiger partial charge in [0, 0.05) is 4.90 Å². The standard InChI is InChI=1S/C15H13FO2S/c1-18-15(17)14-9-12(19-2)6-7-13(14)10-4-3-5-11(16)8-10/h3-9H,1-2H3. The van der Waals surface area contributed by atoms with E-state index in [2.05, 4.69) is 0 Å². The summed E-state index contributed by atoms with van der Waals surface area (Å²) in [7, 11) is 1.34. The number of esters is 1. The van der Waals surface area contributed by atoms with Gasteiger partial charge in [-0.1, -0.05) is 18.2 Å². The van der Waals surface area contributed by atoms with Gasteiger partial charge in [0.25, 0.3) is 0 Å². The van der Waals surface area contributed by atoms with E-state index >= 15 is 0 Å². The van der Waals surface area contributed by atoms with Crippen molar-refractivity contribution in [3.05, 3.63) is 53.8 Å². The quantitative estimate of drug-likeness (QED) is 0.626. The van der Waals surface area contributed by atoms with Crippen LogP contribution in [-0.2, 0) is 4.74 Å². The minimum Gasteiger partial charge on any atom is -0.465 e. The third-order valence-electron chi connectivity index (χ3n) is 2.77. The summed E-state index contributed by atoms with van der Waals surface area (Å²) in [5.74, 6) is -0.752. The molecule has 4 heteroatoms. The van der Waals surface area contributed by atoms with Crippen LogP contribution in [0.1, 0.15) is 10.4 Å². The molecular weight excluding hydrogens is 263 g/mol. The van der Waals surface area contributed by atoms with Crippen molar-refractivity contribution in [1.29, 1.82) is 0 Å². The highest BCUT2D eigenvalue weighted by Crippen LogP contribution is 2.28. The normalized spacial score (nSPS) is 10.3. The SMILES string of the molecule is COC(=O)c1cc(SC)ccc1-c1cccc(F)c1. The van der Waals surface area contributed by atoms with Crippen molar-refractivity contribution in [2.24, 2.45) is 0 Å². The molecule has 0 saturated heterocycles. The Balaban J connectivity index is 2.59. The van der Waals surface area contributed by atoms with Gasteiger partial charge in [-0.05, 0) is 41.6 Å². The van der Waals surface area contributed by atoms with E-state index < -0.39 is 5.97 Å². The van der Waals surface area contributed by atoms with Crippen LogP contribution in [0, 0.1) is 5.82 Å². The van der Waals surface area contributed by atoms with Gasteiger partial charge in [-0.25, -0.2) is 9.18 Å².